The Balaban J connectivity index is 1.78. The van der Waals surface area contributed by atoms with E-state index < -0.39 is 0 Å². The van der Waals surface area contributed by atoms with Crippen molar-refractivity contribution in [2.24, 2.45) is 11.3 Å². The molecule has 0 aliphatic carbocycles. The largest absolute Gasteiger partial charge is 0.341 e. The average molecular weight is 314 g/mol. The smallest absolute Gasteiger partial charge is 0.232 e. The van der Waals surface area contributed by atoms with Gasteiger partial charge in [0.2, 0.25) is 17.6 Å². The Bertz CT molecular complexity index is 690. The van der Waals surface area contributed by atoms with Gasteiger partial charge in [0.05, 0.1) is 5.92 Å². The van der Waals surface area contributed by atoms with E-state index in [-0.39, 0.29) is 17.2 Å². The number of hydrogen-bond donors (Lipinski definition) is 0. The van der Waals surface area contributed by atoms with E-state index in [0.29, 0.717) is 24.2 Å². The molecule has 1 fully saturated rings. The maximum Gasteiger partial charge on any atom is 0.232 e. The second kappa shape index (κ2) is 5.76. The average Bonchev–Trinajstić information content (AvgIpc) is 3.13. The standard InChI is InChI=1S/C17H22N4O2/c1-11-9-21(16(22)17(2,3)4)10-13(11)15-19-14(20-23-15)12-5-7-18-8-6-12/h5-8,11,13H,9-10H2,1-4H3. The summed E-state index contributed by atoms with van der Waals surface area (Å²) in [4.78, 5) is 22.9. The summed E-state index contributed by atoms with van der Waals surface area (Å²) in [5, 5.41) is 4.07. The molecule has 2 unspecified atom stereocenters. The molecule has 2 aromatic heterocycles. The molecule has 0 bridgehead atoms. The van der Waals surface area contributed by atoms with Crippen LogP contribution in [0.1, 0.15) is 39.5 Å². The Morgan fingerprint density at radius 1 is 1.26 bits per heavy atom. The van der Waals surface area contributed by atoms with Crippen molar-refractivity contribution in [2.45, 2.75) is 33.6 Å². The van der Waals surface area contributed by atoms with Crippen molar-refractivity contribution < 1.29 is 9.32 Å². The molecule has 122 valence electrons. The fourth-order valence-electron chi connectivity index (χ4n) is 2.93. The van der Waals surface area contributed by atoms with Crippen LogP contribution >= 0.6 is 0 Å². The van der Waals surface area contributed by atoms with Crippen LogP contribution in [-0.2, 0) is 4.79 Å². The van der Waals surface area contributed by atoms with Crippen LogP contribution in [0, 0.1) is 11.3 Å². The van der Waals surface area contributed by atoms with Crippen LogP contribution in [0.4, 0.5) is 0 Å². The van der Waals surface area contributed by atoms with Gasteiger partial charge in [0, 0.05) is 36.5 Å². The van der Waals surface area contributed by atoms with Gasteiger partial charge in [0.25, 0.3) is 0 Å². The number of likely N-dealkylation sites (tertiary alicyclic amines) is 1. The highest BCUT2D eigenvalue weighted by Gasteiger charge is 2.39. The summed E-state index contributed by atoms with van der Waals surface area (Å²) < 4.78 is 5.47. The third-order valence-corrected chi connectivity index (χ3v) is 4.24. The van der Waals surface area contributed by atoms with Gasteiger partial charge in [0.1, 0.15) is 0 Å². The van der Waals surface area contributed by atoms with Gasteiger partial charge >= 0.3 is 0 Å². The molecule has 0 saturated carbocycles. The molecule has 1 aliphatic rings. The lowest BCUT2D eigenvalue weighted by molar-refractivity contribution is -0.138. The van der Waals surface area contributed by atoms with Crippen LogP contribution in [0.3, 0.4) is 0 Å². The lowest BCUT2D eigenvalue weighted by atomic mass is 9.95. The summed E-state index contributed by atoms with van der Waals surface area (Å²) in [6.07, 6.45) is 3.40. The van der Waals surface area contributed by atoms with Crippen LogP contribution in [0.15, 0.2) is 29.0 Å². The van der Waals surface area contributed by atoms with E-state index >= 15 is 0 Å². The van der Waals surface area contributed by atoms with Crippen LogP contribution in [0.2, 0.25) is 0 Å². The molecular weight excluding hydrogens is 292 g/mol. The number of rotatable bonds is 2. The Morgan fingerprint density at radius 2 is 1.96 bits per heavy atom. The minimum absolute atomic E-state index is 0.0874. The monoisotopic (exact) mass is 314 g/mol. The Kier molecular flexibility index (Phi) is 3.92. The normalized spacial score (nSPS) is 21.7. The maximum absolute atomic E-state index is 12.5. The summed E-state index contributed by atoms with van der Waals surface area (Å²) >= 11 is 0. The van der Waals surface area contributed by atoms with Crippen molar-refractivity contribution in [1.29, 1.82) is 0 Å². The number of carbonyl (C=O) groups excluding carboxylic acids is 1. The highest BCUT2D eigenvalue weighted by Crippen LogP contribution is 2.34. The summed E-state index contributed by atoms with van der Waals surface area (Å²) in [7, 11) is 0. The highest BCUT2D eigenvalue weighted by molar-refractivity contribution is 5.81. The van der Waals surface area contributed by atoms with E-state index in [1.807, 2.05) is 37.8 Å². The molecule has 1 amide bonds. The van der Waals surface area contributed by atoms with E-state index in [1.165, 1.54) is 0 Å². The lowest BCUT2D eigenvalue weighted by Crippen LogP contribution is -2.38. The van der Waals surface area contributed by atoms with Gasteiger partial charge in [0.15, 0.2) is 0 Å². The maximum atomic E-state index is 12.5. The third kappa shape index (κ3) is 3.11. The van der Waals surface area contributed by atoms with Crippen molar-refractivity contribution in [1.82, 2.24) is 20.0 Å². The minimum Gasteiger partial charge on any atom is -0.341 e. The SMILES string of the molecule is CC1CN(C(=O)C(C)(C)C)CC1c1nc(-c2ccncc2)no1. The van der Waals surface area contributed by atoms with Crippen LogP contribution in [0.25, 0.3) is 11.4 Å². The zero-order chi connectivity index (χ0) is 16.6. The molecule has 0 aromatic carbocycles. The number of aromatic nitrogens is 3. The predicted octanol–water partition coefficient (Wildman–Crippen LogP) is 2.74. The number of amides is 1. The summed E-state index contributed by atoms with van der Waals surface area (Å²) in [5.41, 5.74) is 0.509. The molecule has 2 aromatic rings. The van der Waals surface area contributed by atoms with Gasteiger partial charge in [-0.3, -0.25) is 9.78 Å². The topological polar surface area (TPSA) is 72.1 Å². The third-order valence-electron chi connectivity index (χ3n) is 4.24. The first-order valence-corrected chi connectivity index (χ1v) is 7.89. The molecule has 6 nitrogen and oxygen atoms in total. The molecule has 1 saturated heterocycles. The Labute approximate surface area is 135 Å². The van der Waals surface area contributed by atoms with Crippen molar-refractivity contribution in [3.8, 4) is 11.4 Å². The summed E-state index contributed by atoms with van der Waals surface area (Å²) in [6, 6.07) is 3.70. The number of nitrogens with zero attached hydrogens (tertiary/aromatic N) is 4. The number of carbonyl (C=O) groups is 1. The van der Waals surface area contributed by atoms with Gasteiger partial charge < -0.3 is 9.42 Å². The number of hydrogen-bond acceptors (Lipinski definition) is 5. The molecular formula is C17H22N4O2. The van der Waals surface area contributed by atoms with Gasteiger partial charge in [-0.2, -0.15) is 4.98 Å². The van der Waals surface area contributed by atoms with Crippen LogP contribution in [-0.4, -0.2) is 39.0 Å². The quantitative estimate of drug-likeness (QED) is 0.852. The zero-order valence-electron chi connectivity index (χ0n) is 14.0. The Morgan fingerprint density at radius 3 is 2.61 bits per heavy atom. The molecule has 0 spiro atoms. The second-order valence-electron chi connectivity index (χ2n) is 7.24. The molecule has 3 rings (SSSR count). The first kappa shape index (κ1) is 15.6. The molecule has 23 heavy (non-hydrogen) atoms. The van der Waals surface area contributed by atoms with E-state index in [4.69, 9.17) is 4.52 Å². The van der Waals surface area contributed by atoms with Gasteiger partial charge in [-0.05, 0) is 18.1 Å². The van der Waals surface area contributed by atoms with E-state index in [2.05, 4.69) is 22.0 Å². The van der Waals surface area contributed by atoms with Crippen LogP contribution < -0.4 is 0 Å². The fourth-order valence-corrected chi connectivity index (χ4v) is 2.93. The van der Waals surface area contributed by atoms with Gasteiger partial charge in [-0.1, -0.05) is 32.9 Å². The molecule has 3 heterocycles. The molecule has 6 heteroatoms. The Hall–Kier alpha value is -2.24. The highest BCUT2D eigenvalue weighted by atomic mass is 16.5. The van der Waals surface area contributed by atoms with Crippen LogP contribution in [0.5, 0.6) is 0 Å². The molecule has 1 aliphatic heterocycles. The zero-order valence-corrected chi connectivity index (χ0v) is 14.0. The van der Waals surface area contributed by atoms with Crippen molar-refractivity contribution in [3.63, 3.8) is 0 Å². The lowest BCUT2D eigenvalue weighted by Gasteiger charge is -2.25. The second-order valence-corrected chi connectivity index (χ2v) is 7.24. The van der Waals surface area contributed by atoms with E-state index in [1.54, 1.807) is 12.4 Å². The van der Waals surface area contributed by atoms with Crippen molar-refractivity contribution >= 4 is 5.91 Å². The van der Waals surface area contributed by atoms with Gasteiger partial charge in [-0.25, -0.2) is 0 Å². The van der Waals surface area contributed by atoms with Gasteiger partial charge in [-0.15, -0.1) is 0 Å². The predicted molar refractivity (Wildman–Crippen MR) is 85.5 cm³/mol. The first-order chi connectivity index (χ1) is 10.9. The van der Waals surface area contributed by atoms with E-state index in [0.717, 1.165) is 12.1 Å². The number of pyridine rings is 1. The molecule has 0 radical (unpaired) electrons. The minimum atomic E-state index is -0.369. The fraction of sp³-hybridized carbons (Fsp3) is 0.529. The van der Waals surface area contributed by atoms with E-state index in [9.17, 15) is 4.79 Å². The first-order valence-electron chi connectivity index (χ1n) is 7.89. The molecule has 2 atom stereocenters. The van der Waals surface area contributed by atoms with Crippen molar-refractivity contribution in [2.75, 3.05) is 13.1 Å². The van der Waals surface area contributed by atoms with Crippen molar-refractivity contribution in [3.05, 3.63) is 30.4 Å². The summed E-state index contributed by atoms with van der Waals surface area (Å²) in [6.45, 7) is 9.32. The molecule has 0 N–H and O–H groups in total. The summed E-state index contributed by atoms with van der Waals surface area (Å²) in [5.74, 6) is 1.72.